The first kappa shape index (κ1) is 15.0. The molecular weight excluding hydrogens is 274 g/mol. The molecule has 0 aromatic carbocycles. The average molecular weight is 285 g/mol. The highest BCUT2D eigenvalue weighted by molar-refractivity contribution is 7.89. The number of nitriles is 1. The highest BCUT2D eigenvalue weighted by atomic mass is 32.2. The normalized spacial score (nSPS) is 10.9. The maximum absolute atomic E-state index is 11.7. The molecular formula is C10H11N3O5S. The van der Waals surface area contributed by atoms with Crippen LogP contribution in [0.2, 0.25) is 0 Å². The van der Waals surface area contributed by atoms with Crippen molar-refractivity contribution in [1.29, 1.82) is 5.26 Å². The Kier molecular flexibility index (Phi) is 5.37. The molecule has 2 N–H and O–H groups in total. The van der Waals surface area contributed by atoms with E-state index in [-0.39, 0.29) is 23.7 Å². The summed E-state index contributed by atoms with van der Waals surface area (Å²) in [6, 6.07) is 4.32. The number of carboxylic acid groups (broad SMARTS) is 1. The molecule has 1 heterocycles. The molecule has 0 aliphatic heterocycles. The first-order chi connectivity index (χ1) is 8.95. The second-order valence-electron chi connectivity index (χ2n) is 3.34. The lowest BCUT2D eigenvalue weighted by molar-refractivity contribution is -0.142. The van der Waals surface area contributed by atoms with Crippen LogP contribution in [0, 0.1) is 11.3 Å². The summed E-state index contributed by atoms with van der Waals surface area (Å²) in [6.45, 7) is -0.606. The lowest BCUT2D eigenvalue weighted by Crippen LogP contribution is -2.28. The van der Waals surface area contributed by atoms with E-state index in [0.29, 0.717) is 0 Å². The van der Waals surface area contributed by atoms with E-state index in [2.05, 4.69) is 14.4 Å². The van der Waals surface area contributed by atoms with Gasteiger partial charge in [-0.1, -0.05) is 0 Å². The molecule has 0 spiro atoms. The van der Waals surface area contributed by atoms with Gasteiger partial charge in [0.25, 0.3) is 0 Å². The molecule has 0 radical (unpaired) electrons. The zero-order chi connectivity index (χ0) is 14.3. The van der Waals surface area contributed by atoms with E-state index in [9.17, 15) is 13.2 Å². The second-order valence-corrected chi connectivity index (χ2v) is 5.10. The van der Waals surface area contributed by atoms with E-state index in [1.165, 1.54) is 12.1 Å². The third-order valence-corrected chi connectivity index (χ3v) is 3.37. The molecule has 9 heteroatoms. The van der Waals surface area contributed by atoms with Gasteiger partial charge in [0.15, 0.2) is 0 Å². The molecule has 0 fully saturated rings. The number of rotatable bonds is 7. The van der Waals surface area contributed by atoms with E-state index in [0.717, 1.165) is 6.20 Å². The van der Waals surface area contributed by atoms with Gasteiger partial charge in [-0.25, -0.2) is 22.9 Å². The summed E-state index contributed by atoms with van der Waals surface area (Å²) in [5, 5.41) is 16.8. The number of hydrogen-bond acceptors (Lipinski definition) is 6. The number of aromatic nitrogens is 1. The first-order valence-corrected chi connectivity index (χ1v) is 6.59. The van der Waals surface area contributed by atoms with Crippen LogP contribution in [0.15, 0.2) is 23.2 Å². The molecule has 0 bridgehead atoms. The molecule has 0 saturated heterocycles. The molecule has 8 nitrogen and oxygen atoms in total. The fourth-order valence-corrected chi connectivity index (χ4v) is 2.05. The molecule has 1 aromatic heterocycles. The molecule has 0 aliphatic rings. The van der Waals surface area contributed by atoms with E-state index < -0.39 is 22.6 Å². The van der Waals surface area contributed by atoms with E-state index in [1.807, 2.05) is 0 Å². The molecule has 1 rings (SSSR count). The van der Waals surface area contributed by atoms with Crippen molar-refractivity contribution < 1.29 is 23.1 Å². The van der Waals surface area contributed by atoms with Gasteiger partial charge in [-0.05, 0) is 12.1 Å². The molecule has 102 valence electrons. The highest BCUT2D eigenvalue weighted by Crippen LogP contribution is 2.06. The van der Waals surface area contributed by atoms with Crippen molar-refractivity contribution in [3.63, 3.8) is 0 Å². The van der Waals surface area contributed by atoms with Crippen LogP contribution in [0.5, 0.6) is 0 Å². The number of pyridine rings is 1. The standard InChI is InChI=1S/C10H11N3O5S/c11-5-8-1-2-9(6-12-8)19(16,17)13-3-4-18-7-10(14)15/h1-2,6,13H,3-4,7H2,(H,14,15). The first-order valence-electron chi connectivity index (χ1n) is 5.11. The number of aliphatic carboxylic acids is 1. The average Bonchev–Trinajstić information content (AvgIpc) is 2.38. The minimum atomic E-state index is -3.74. The van der Waals surface area contributed by atoms with Crippen molar-refractivity contribution >= 4 is 16.0 Å². The van der Waals surface area contributed by atoms with Crippen LogP contribution in [0.3, 0.4) is 0 Å². The number of hydrogen-bond donors (Lipinski definition) is 2. The van der Waals surface area contributed by atoms with Crippen LogP contribution >= 0.6 is 0 Å². The van der Waals surface area contributed by atoms with Crippen LogP contribution in [0.25, 0.3) is 0 Å². The summed E-state index contributed by atoms with van der Waals surface area (Å²) >= 11 is 0. The number of carboxylic acids is 1. The van der Waals surface area contributed by atoms with Gasteiger partial charge in [0.2, 0.25) is 10.0 Å². The van der Waals surface area contributed by atoms with E-state index >= 15 is 0 Å². The number of nitrogens with zero attached hydrogens (tertiary/aromatic N) is 2. The van der Waals surface area contributed by atoms with Gasteiger partial charge in [0.1, 0.15) is 23.3 Å². The quantitative estimate of drug-likeness (QED) is 0.635. The van der Waals surface area contributed by atoms with Crippen LogP contribution in [-0.4, -0.2) is 44.2 Å². The Bertz CT molecular complexity index is 576. The molecule has 0 aliphatic carbocycles. The molecule has 0 amide bonds. The smallest absolute Gasteiger partial charge is 0.329 e. The Morgan fingerprint density at radius 1 is 1.53 bits per heavy atom. The van der Waals surface area contributed by atoms with Gasteiger partial charge >= 0.3 is 5.97 Å². The van der Waals surface area contributed by atoms with Crippen molar-refractivity contribution in [2.75, 3.05) is 19.8 Å². The maximum atomic E-state index is 11.7. The third kappa shape index (κ3) is 5.01. The third-order valence-electron chi connectivity index (χ3n) is 1.93. The lowest BCUT2D eigenvalue weighted by atomic mass is 10.4. The van der Waals surface area contributed by atoms with Crippen molar-refractivity contribution in [3.8, 4) is 6.07 Å². The van der Waals surface area contributed by atoms with Crippen LogP contribution < -0.4 is 4.72 Å². The molecule has 19 heavy (non-hydrogen) atoms. The molecule has 1 aromatic rings. The summed E-state index contributed by atoms with van der Waals surface area (Å²) < 4.78 is 30.3. The Labute approximate surface area is 109 Å². The van der Waals surface area contributed by atoms with Gasteiger partial charge in [0.05, 0.1) is 6.61 Å². The minimum absolute atomic E-state index is 0.0599. The second kappa shape index (κ2) is 6.79. The summed E-state index contributed by atoms with van der Waals surface area (Å²) in [5.41, 5.74) is 0.115. The molecule has 0 atom stereocenters. The predicted molar refractivity (Wildman–Crippen MR) is 62.6 cm³/mol. The Balaban J connectivity index is 2.51. The zero-order valence-corrected chi connectivity index (χ0v) is 10.6. The maximum Gasteiger partial charge on any atom is 0.329 e. The summed E-state index contributed by atoms with van der Waals surface area (Å²) in [5.74, 6) is -1.13. The molecule has 0 saturated carbocycles. The van der Waals surface area contributed by atoms with Crippen LogP contribution in [0.4, 0.5) is 0 Å². The zero-order valence-electron chi connectivity index (χ0n) is 9.74. The Morgan fingerprint density at radius 2 is 2.26 bits per heavy atom. The number of carbonyl (C=O) groups is 1. The monoisotopic (exact) mass is 285 g/mol. The Hall–Kier alpha value is -2.02. The summed E-state index contributed by atoms with van der Waals surface area (Å²) in [6.07, 6.45) is 1.07. The van der Waals surface area contributed by atoms with Gasteiger partial charge in [-0.2, -0.15) is 5.26 Å². The number of sulfonamides is 1. The van der Waals surface area contributed by atoms with Gasteiger partial charge in [-0.3, -0.25) is 0 Å². The van der Waals surface area contributed by atoms with Gasteiger partial charge in [-0.15, -0.1) is 0 Å². The summed E-state index contributed by atoms with van der Waals surface area (Å²) in [7, 11) is -3.74. The lowest BCUT2D eigenvalue weighted by Gasteiger charge is -2.06. The van der Waals surface area contributed by atoms with E-state index in [1.54, 1.807) is 6.07 Å². The predicted octanol–water partition coefficient (Wildman–Crippen LogP) is -0.667. The fraction of sp³-hybridized carbons (Fsp3) is 0.300. The topological polar surface area (TPSA) is 129 Å². The van der Waals surface area contributed by atoms with Crippen molar-refractivity contribution in [2.24, 2.45) is 0 Å². The van der Waals surface area contributed by atoms with Crippen molar-refractivity contribution in [1.82, 2.24) is 9.71 Å². The largest absolute Gasteiger partial charge is 0.480 e. The fourth-order valence-electron chi connectivity index (χ4n) is 1.10. The molecule has 0 unspecified atom stereocenters. The number of ether oxygens (including phenoxy) is 1. The minimum Gasteiger partial charge on any atom is -0.480 e. The van der Waals surface area contributed by atoms with Crippen LogP contribution in [0.1, 0.15) is 5.69 Å². The van der Waals surface area contributed by atoms with Crippen LogP contribution in [-0.2, 0) is 19.6 Å². The van der Waals surface area contributed by atoms with Gasteiger partial charge in [0, 0.05) is 12.7 Å². The Morgan fingerprint density at radius 3 is 2.79 bits per heavy atom. The summed E-state index contributed by atoms with van der Waals surface area (Å²) in [4.78, 5) is 13.7. The van der Waals surface area contributed by atoms with Gasteiger partial charge < -0.3 is 9.84 Å². The SMILES string of the molecule is N#Cc1ccc(S(=O)(=O)NCCOCC(=O)O)cn1. The van der Waals surface area contributed by atoms with Crippen molar-refractivity contribution in [2.45, 2.75) is 4.90 Å². The number of nitrogens with one attached hydrogen (secondary N) is 1. The van der Waals surface area contributed by atoms with Crippen molar-refractivity contribution in [3.05, 3.63) is 24.0 Å². The van der Waals surface area contributed by atoms with E-state index in [4.69, 9.17) is 10.4 Å². The highest BCUT2D eigenvalue weighted by Gasteiger charge is 2.13.